The van der Waals surface area contributed by atoms with Gasteiger partial charge in [-0.15, -0.1) is 10.2 Å². The highest BCUT2D eigenvalue weighted by Gasteiger charge is 2.14. The third kappa shape index (κ3) is 4.99. The summed E-state index contributed by atoms with van der Waals surface area (Å²) in [6.07, 6.45) is 1.52. The van der Waals surface area contributed by atoms with E-state index in [1.54, 1.807) is 6.07 Å². The molecule has 2 aromatic carbocycles. The van der Waals surface area contributed by atoms with Crippen molar-refractivity contribution in [3.05, 3.63) is 64.7 Å². The molecule has 1 aromatic heterocycles. The van der Waals surface area contributed by atoms with Gasteiger partial charge < -0.3 is 4.57 Å². The number of carbonyl (C=O) groups is 1. The van der Waals surface area contributed by atoms with E-state index in [0.29, 0.717) is 16.7 Å². The highest BCUT2D eigenvalue weighted by atomic mass is 35.5. The average molecular weight is 414 g/mol. The number of hydrogen-bond donors (Lipinski definition) is 1. The highest BCUT2D eigenvalue weighted by Crippen LogP contribution is 2.24. The fraction of sp³-hybridized carbons (Fsp3) is 0.200. The van der Waals surface area contributed by atoms with Gasteiger partial charge in [0.2, 0.25) is 0 Å². The van der Waals surface area contributed by atoms with Crippen molar-refractivity contribution in [1.82, 2.24) is 20.2 Å². The first kappa shape index (κ1) is 20.1. The van der Waals surface area contributed by atoms with Crippen molar-refractivity contribution in [3.8, 4) is 11.4 Å². The minimum atomic E-state index is -0.226. The number of hydrogen-bond acceptors (Lipinski definition) is 5. The van der Waals surface area contributed by atoms with Crippen LogP contribution in [0.1, 0.15) is 18.1 Å². The first-order chi connectivity index (χ1) is 13.6. The molecule has 3 aromatic rings. The van der Waals surface area contributed by atoms with E-state index in [9.17, 15) is 4.79 Å². The predicted molar refractivity (Wildman–Crippen MR) is 114 cm³/mol. The second-order valence-electron chi connectivity index (χ2n) is 6.02. The van der Waals surface area contributed by atoms with E-state index in [0.717, 1.165) is 17.0 Å². The van der Waals surface area contributed by atoms with Crippen LogP contribution in [-0.4, -0.2) is 32.6 Å². The quantitative estimate of drug-likeness (QED) is 0.358. The third-order valence-corrected chi connectivity index (χ3v) is 5.28. The topological polar surface area (TPSA) is 72.2 Å². The van der Waals surface area contributed by atoms with Crippen LogP contribution in [0.5, 0.6) is 0 Å². The van der Waals surface area contributed by atoms with Crippen molar-refractivity contribution in [2.75, 3.05) is 5.75 Å². The Bertz CT molecular complexity index is 985. The second-order valence-corrected chi connectivity index (χ2v) is 7.37. The summed E-state index contributed by atoms with van der Waals surface area (Å²) in [6, 6.07) is 15.4. The van der Waals surface area contributed by atoms with Gasteiger partial charge in [0.25, 0.3) is 5.91 Å². The van der Waals surface area contributed by atoms with Gasteiger partial charge in [-0.2, -0.15) is 5.10 Å². The average Bonchev–Trinajstić information content (AvgIpc) is 3.11. The maximum absolute atomic E-state index is 12.1. The summed E-state index contributed by atoms with van der Waals surface area (Å²) in [4.78, 5) is 12.1. The molecule has 0 unspecified atom stereocenters. The molecule has 0 aliphatic heterocycles. The largest absolute Gasteiger partial charge is 0.302 e. The minimum Gasteiger partial charge on any atom is -0.302 e. The molecule has 1 heterocycles. The lowest BCUT2D eigenvalue weighted by molar-refractivity contribution is -0.118. The van der Waals surface area contributed by atoms with Gasteiger partial charge in [-0.25, -0.2) is 5.43 Å². The Morgan fingerprint density at radius 2 is 1.96 bits per heavy atom. The molecule has 0 bridgehead atoms. The van der Waals surface area contributed by atoms with Gasteiger partial charge >= 0.3 is 0 Å². The Hall–Kier alpha value is -2.64. The van der Waals surface area contributed by atoms with Crippen LogP contribution in [0.2, 0.25) is 5.02 Å². The van der Waals surface area contributed by atoms with Gasteiger partial charge in [0.15, 0.2) is 11.0 Å². The van der Waals surface area contributed by atoms with Crippen molar-refractivity contribution in [2.45, 2.75) is 25.5 Å². The van der Waals surface area contributed by atoms with Crippen molar-refractivity contribution in [3.63, 3.8) is 0 Å². The lowest BCUT2D eigenvalue weighted by Gasteiger charge is -2.07. The maximum Gasteiger partial charge on any atom is 0.250 e. The molecule has 28 heavy (non-hydrogen) atoms. The molecule has 1 N–H and O–H groups in total. The molecule has 0 radical (unpaired) electrons. The number of nitrogens with one attached hydrogen (secondary N) is 1. The Kier molecular flexibility index (Phi) is 6.84. The van der Waals surface area contributed by atoms with E-state index in [-0.39, 0.29) is 11.7 Å². The Morgan fingerprint density at radius 3 is 2.68 bits per heavy atom. The van der Waals surface area contributed by atoms with Crippen LogP contribution in [0.3, 0.4) is 0 Å². The lowest BCUT2D eigenvalue weighted by Crippen LogP contribution is -2.20. The number of halogens is 1. The summed E-state index contributed by atoms with van der Waals surface area (Å²) < 4.78 is 2.00. The van der Waals surface area contributed by atoms with Crippen LogP contribution in [0, 0.1) is 6.92 Å². The molecule has 0 spiro atoms. The van der Waals surface area contributed by atoms with Crippen LogP contribution >= 0.6 is 23.4 Å². The van der Waals surface area contributed by atoms with E-state index in [4.69, 9.17) is 11.6 Å². The Labute approximate surface area is 173 Å². The number of rotatable bonds is 7. The van der Waals surface area contributed by atoms with Gasteiger partial charge in [0.05, 0.1) is 12.0 Å². The second kappa shape index (κ2) is 9.52. The summed E-state index contributed by atoms with van der Waals surface area (Å²) >= 11 is 7.37. The molecule has 8 heteroatoms. The first-order valence-electron chi connectivity index (χ1n) is 8.78. The Balaban J connectivity index is 1.60. The number of nitrogens with zero attached hydrogens (tertiary/aromatic N) is 4. The van der Waals surface area contributed by atoms with Crippen molar-refractivity contribution in [2.24, 2.45) is 5.10 Å². The van der Waals surface area contributed by atoms with E-state index in [2.05, 4.69) is 20.7 Å². The molecule has 144 valence electrons. The van der Waals surface area contributed by atoms with E-state index in [1.165, 1.54) is 23.5 Å². The number of carbonyl (C=O) groups excluding carboxylic acids is 1. The number of aryl methyl sites for hydroxylation is 1. The van der Waals surface area contributed by atoms with Gasteiger partial charge in [0, 0.05) is 22.7 Å². The molecule has 0 aliphatic carbocycles. The van der Waals surface area contributed by atoms with Gasteiger partial charge in [-0.1, -0.05) is 71.4 Å². The zero-order chi connectivity index (χ0) is 19.9. The summed E-state index contributed by atoms with van der Waals surface area (Å²) in [6.45, 7) is 4.78. The fourth-order valence-corrected chi connectivity index (χ4v) is 3.49. The van der Waals surface area contributed by atoms with Crippen LogP contribution < -0.4 is 5.43 Å². The van der Waals surface area contributed by atoms with Gasteiger partial charge in [-0.3, -0.25) is 4.79 Å². The number of thioether (sulfide) groups is 1. The SMILES string of the molecule is CCn1c(SCC(=O)N/N=C/c2ccccc2Cl)nnc1-c1ccc(C)cc1. The summed E-state index contributed by atoms with van der Waals surface area (Å²) in [5.74, 6) is 0.754. The molecule has 0 saturated carbocycles. The minimum absolute atomic E-state index is 0.186. The molecular formula is C20H20ClN5OS. The smallest absolute Gasteiger partial charge is 0.250 e. The Morgan fingerprint density at radius 1 is 1.21 bits per heavy atom. The van der Waals surface area contributed by atoms with Gasteiger partial charge in [0.1, 0.15) is 0 Å². The number of amides is 1. The molecule has 0 atom stereocenters. The number of hydrazone groups is 1. The maximum atomic E-state index is 12.1. The summed E-state index contributed by atoms with van der Waals surface area (Å²) in [5.41, 5.74) is 5.44. The van der Waals surface area contributed by atoms with Gasteiger partial charge in [-0.05, 0) is 19.9 Å². The van der Waals surface area contributed by atoms with E-state index in [1.807, 2.05) is 60.9 Å². The number of aromatic nitrogens is 3. The summed E-state index contributed by atoms with van der Waals surface area (Å²) in [5, 5.41) is 13.8. The van der Waals surface area contributed by atoms with Crippen molar-refractivity contribution < 1.29 is 4.79 Å². The normalized spacial score (nSPS) is 11.1. The molecule has 0 aliphatic rings. The molecule has 0 saturated heterocycles. The van der Waals surface area contributed by atoms with Crippen LogP contribution in [0.4, 0.5) is 0 Å². The molecule has 6 nitrogen and oxygen atoms in total. The fourth-order valence-electron chi connectivity index (χ4n) is 2.51. The van der Waals surface area contributed by atoms with Crippen LogP contribution in [0.15, 0.2) is 58.8 Å². The standard InChI is InChI=1S/C20H20ClN5OS/c1-3-26-19(15-10-8-14(2)9-11-15)24-25-20(26)28-13-18(27)23-22-12-16-6-4-5-7-17(16)21/h4-12H,3,13H2,1-2H3,(H,23,27)/b22-12+. The third-order valence-electron chi connectivity index (χ3n) is 3.97. The molecular weight excluding hydrogens is 394 g/mol. The van der Waals surface area contributed by atoms with Crippen molar-refractivity contribution in [1.29, 1.82) is 0 Å². The van der Waals surface area contributed by atoms with Crippen LogP contribution in [0.25, 0.3) is 11.4 Å². The monoisotopic (exact) mass is 413 g/mol. The van der Waals surface area contributed by atoms with E-state index >= 15 is 0 Å². The highest BCUT2D eigenvalue weighted by molar-refractivity contribution is 7.99. The first-order valence-corrected chi connectivity index (χ1v) is 10.1. The zero-order valence-corrected chi connectivity index (χ0v) is 17.2. The number of benzene rings is 2. The molecule has 3 rings (SSSR count). The molecule has 1 amide bonds. The molecule has 0 fully saturated rings. The van der Waals surface area contributed by atoms with Crippen molar-refractivity contribution >= 4 is 35.5 Å². The zero-order valence-electron chi connectivity index (χ0n) is 15.6. The van der Waals surface area contributed by atoms with E-state index < -0.39 is 0 Å². The summed E-state index contributed by atoms with van der Waals surface area (Å²) in [7, 11) is 0. The predicted octanol–water partition coefficient (Wildman–Crippen LogP) is 4.17. The van der Waals surface area contributed by atoms with Crippen LogP contribution in [-0.2, 0) is 11.3 Å². The lowest BCUT2D eigenvalue weighted by atomic mass is 10.1.